The summed E-state index contributed by atoms with van der Waals surface area (Å²) in [4.78, 5) is 24.6. The topological polar surface area (TPSA) is 139 Å². The Kier molecular flexibility index (Phi) is 4.57. The van der Waals surface area contributed by atoms with Crippen LogP contribution < -0.4 is 10.6 Å². The molecular formula is C18H18N2O6. The third-order valence-electron chi connectivity index (χ3n) is 4.23. The second-order valence-electron chi connectivity index (χ2n) is 6.18. The molecule has 2 aromatic rings. The number of hydrogen-bond donors (Lipinski definition) is 6. The maximum absolute atomic E-state index is 12.3. The SMILES string of the molecule is O=C1N[C@@H](Cc2ccc(O)c(O)c2)C(=O)N[C@H]1Cc1ccc(O)c(O)c1. The first kappa shape index (κ1) is 17.4. The average molecular weight is 358 g/mol. The van der Waals surface area contributed by atoms with Gasteiger partial charge in [-0.25, -0.2) is 0 Å². The lowest BCUT2D eigenvalue weighted by Gasteiger charge is -2.29. The van der Waals surface area contributed by atoms with Crippen molar-refractivity contribution in [3.05, 3.63) is 47.5 Å². The zero-order valence-corrected chi connectivity index (χ0v) is 13.6. The number of carbonyl (C=O) groups is 2. The Balaban J connectivity index is 1.66. The van der Waals surface area contributed by atoms with Gasteiger partial charge in [0.2, 0.25) is 11.8 Å². The molecule has 0 saturated carbocycles. The largest absolute Gasteiger partial charge is 0.504 e. The summed E-state index contributed by atoms with van der Waals surface area (Å²) < 4.78 is 0. The third kappa shape index (κ3) is 3.64. The van der Waals surface area contributed by atoms with Crippen molar-refractivity contribution in [1.29, 1.82) is 0 Å². The quantitative estimate of drug-likeness (QED) is 0.434. The molecule has 1 aliphatic rings. The Hall–Kier alpha value is -3.42. The van der Waals surface area contributed by atoms with Gasteiger partial charge >= 0.3 is 0 Å². The molecule has 0 aromatic heterocycles. The second-order valence-corrected chi connectivity index (χ2v) is 6.18. The maximum atomic E-state index is 12.3. The number of nitrogens with one attached hydrogen (secondary N) is 2. The smallest absolute Gasteiger partial charge is 0.243 e. The average Bonchev–Trinajstić information content (AvgIpc) is 2.59. The summed E-state index contributed by atoms with van der Waals surface area (Å²) in [6.07, 6.45) is 0.330. The summed E-state index contributed by atoms with van der Waals surface area (Å²) >= 11 is 0. The fraction of sp³-hybridized carbons (Fsp3) is 0.222. The van der Waals surface area contributed by atoms with Crippen LogP contribution in [0.5, 0.6) is 23.0 Å². The van der Waals surface area contributed by atoms with E-state index in [1.807, 2.05) is 0 Å². The summed E-state index contributed by atoms with van der Waals surface area (Å²) in [6.45, 7) is 0. The molecular weight excluding hydrogens is 340 g/mol. The molecule has 8 nitrogen and oxygen atoms in total. The van der Waals surface area contributed by atoms with Crippen molar-refractivity contribution in [3.63, 3.8) is 0 Å². The summed E-state index contributed by atoms with van der Waals surface area (Å²) in [5.41, 5.74) is 1.17. The molecule has 0 unspecified atom stereocenters. The van der Waals surface area contributed by atoms with E-state index >= 15 is 0 Å². The number of piperazine rings is 1. The standard InChI is InChI=1S/C18H18N2O6/c21-13-3-1-9(7-15(13)23)5-11-17(25)20-12(18(26)19-11)6-10-2-4-14(22)16(24)8-10/h1-4,7-8,11-12,21-24H,5-6H2,(H,19,26)(H,20,25)/t11-,12-/m0/s1. The van der Waals surface area contributed by atoms with Crippen molar-refractivity contribution in [2.24, 2.45) is 0 Å². The van der Waals surface area contributed by atoms with Gasteiger partial charge < -0.3 is 31.1 Å². The number of phenolic OH excluding ortho intramolecular Hbond substituents is 4. The Morgan fingerprint density at radius 3 is 1.38 bits per heavy atom. The van der Waals surface area contributed by atoms with E-state index in [9.17, 15) is 30.0 Å². The Morgan fingerprint density at radius 2 is 1.04 bits per heavy atom. The molecule has 2 atom stereocenters. The minimum atomic E-state index is -0.795. The Labute approximate surface area is 148 Å². The van der Waals surface area contributed by atoms with Crippen LogP contribution in [-0.2, 0) is 22.4 Å². The molecule has 0 aliphatic carbocycles. The molecule has 1 heterocycles. The molecule has 1 aliphatic heterocycles. The van der Waals surface area contributed by atoms with Gasteiger partial charge in [0.25, 0.3) is 0 Å². The van der Waals surface area contributed by atoms with E-state index in [-0.39, 0.29) is 47.7 Å². The summed E-state index contributed by atoms with van der Waals surface area (Å²) in [7, 11) is 0. The van der Waals surface area contributed by atoms with Gasteiger partial charge in [0, 0.05) is 12.8 Å². The normalized spacial score (nSPS) is 19.7. The molecule has 3 rings (SSSR count). The Bertz CT molecular complexity index is 795. The summed E-state index contributed by atoms with van der Waals surface area (Å²) in [5, 5.41) is 43.0. The van der Waals surface area contributed by atoms with Gasteiger partial charge in [-0.15, -0.1) is 0 Å². The van der Waals surface area contributed by atoms with E-state index in [1.165, 1.54) is 24.3 Å². The number of aromatic hydroxyl groups is 4. The second kappa shape index (κ2) is 6.83. The Morgan fingerprint density at radius 1 is 0.654 bits per heavy atom. The van der Waals surface area contributed by atoms with Crippen molar-refractivity contribution in [1.82, 2.24) is 10.6 Å². The van der Waals surface area contributed by atoms with Crippen LogP contribution in [0.2, 0.25) is 0 Å². The number of phenols is 4. The molecule has 2 amide bonds. The van der Waals surface area contributed by atoms with Crippen LogP contribution in [0.3, 0.4) is 0 Å². The van der Waals surface area contributed by atoms with Crippen LogP contribution in [0.1, 0.15) is 11.1 Å². The first-order valence-corrected chi connectivity index (χ1v) is 7.96. The number of amides is 2. The number of benzene rings is 2. The zero-order valence-electron chi connectivity index (χ0n) is 13.6. The van der Waals surface area contributed by atoms with E-state index in [2.05, 4.69) is 10.6 Å². The zero-order chi connectivity index (χ0) is 18.8. The predicted octanol–water partition coefficient (Wildman–Crippen LogP) is 0.277. The first-order chi connectivity index (χ1) is 12.3. The highest BCUT2D eigenvalue weighted by atomic mass is 16.3. The molecule has 1 fully saturated rings. The monoisotopic (exact) mass is 358 g/mol. The minimum Gasteiger partial charge on any atom is -0.504 e. The molecule has 0 bridgehead atoms. The van der Waals surface area contributed by atoms with Crippen LogP contribution in [0.25, 0.3) is 0 Å². The highest BCUT2D eigenvalue weighted by molar-refractivity contribution is 5.97. The lowest BCUT2D eigenvalue weighted by Crippen LogP contribution is -2.62. The molecule has 136 valence electrons. The van der Waals surface area contributed by atoms with E-state index in [0.29, 0.717) is 11.1 Å². The lowest BCUT2D eigenvalue weighted by molar-refractivity contribution is -0.136. The van der Waals surface area contributed by atoms with Gasteiger partial charge in [-0.05, 0) is 35.4 Å². The lowest BCUT2D eigenvalue weighted by atomic mass is 9.98. The molecule has 6 N–H and O–H groups in total. The van der Waals surface area contributed by atoms with Gasteiger partial charge in [-0.3, -0.25) is 9.59 Å². The molecule has 2 aromatic carbocycles. The van der Waals surface area contributed by atoms with E-state index in [4.69, 9.17) is 0 Å². The van der Waals surface area contributed by atoms with E-state index < -0.39 is 12.1 Å². The van der Waals surface area contributed by atoms with Crippen molar-refractivity contribution in [2.75, 3.05) is 0 Å². The van der Waals surface area contributed by atoms with Gasteiger partial charge in [0.1, 0.15) is 12.1 Å². The summed E-state index contributed by atoms with van der Waals surface area (Å²) in [5.74, 6) is -1.85. The molecule has 26 heavy (non-hydrogen) atoms. The van der Waals surface area contributed by atoms with Crippen LogP contribution in [0.15, 0.2) is 36.4 Å². The van der Waals surface area contributed by atoms with Gasteiger partial charge in [0.15, 0.2) is 23.0 Å². The maximum Gasteiger partial charge on any atom is 0.243 e. The molecule has 8 heteroatoms. The van der Waals surface area contributed by atoms with Crippen molar-refractivity contribution in [3.8, 4) is 23.0 Å². The van der Waals surface area contributed by atoms with Crippen LogP contribution >= 0.6 is 0 Å². The number of carbonyl (C=O) groups excluding carboxylic acids is 2. The van der Waals surface area contributed by atoms with Crippen molar-refractivity contribution >= 4 is 11.8 Å². The van der Waals surface area contributed by atoms with E-state index in [0.717, 1.165) is 0 Å². The van der Waals surface area contributed by atoms with Crippen LogP contribution in [0.4, 0.5) is 0 Å². The molecule has 0 radical (unpaired) electrons. The predicted molar refractivity (Wildman–Crippen MR) is 90.8 cm³/mol. The minimum absolute atomic E-state index is 0.165. The van der Waals surface area contributed by atoms with Crippen molar-refractivity contribution in [2.45, 2.75) is 24.9 Å². The highest BCUT2D eigenvalue weighted by Gasteiger charge is 2.33. The van der Waals surface area contributed by atoms with Crippen LogP contribution in [-0.4, -0.2) is 44.3 Å². The van der Waals surface area contributed by atoms with Crippen molar-refractivity contribution < 1.29 is 30.0 Å². The first-order valence-electron chi connectivity index (χ1n) is 7.96. The summed E-state index contributed by atoms with van der Waals surface area (Å²) in [6, 6.07) is 6.81. The van der Waals surface area contributed by atoms with Crippen LogP contribution in [0, 0.1) is 0 Å². The highest BCUT2D eigenvalue weighted by Crippen LogP contribution is 2.27. The van der Waals surface area contributed by atoms with E-state index in [1.54, 1.807) is 12.1 Å². The molecule has 0 spiro atoms. The van der Waals surface area contributed by atoms with Gasteiger partial charge in [0.05, 0.1) is 0 Å². The molecule has 1 saturated heterocycles. The fourth-order valence-electron chi connectivity index (χ4n) is 2.83. The number of hydrogen-bond acceptors (Lipinski definition) is 6. The van der Waals surface area contributed by atoms with Gasteiger partial charge in [-0.1, -0.05) is 12.1 Å². The fourth-order valence-corrected chi connectivity index (χ4v) is 2.83. The van der Waals surface area contributed by atoms with Gasteiger partial charge in [-0.2, -0.15) is 0 Å². The number of rotatable bonds is 4. The third-order valence-corrected chi connectivity index (χ3v) is 4.23.